The molecule has 254 valence electrons. The Morgan fingerprint density at radius 2 is 0.791 bits per heavy atom. The van der Waals surface area contributed by atoms with Gasteiger partial charge in [-0.2, -0.15) is 92.2 Å². The molecule has 0 radical (unpaired) electrons. The van der Waals surface area contributed by atoms with Crippen LogP contribution in [0.5, 0.6) is 0 Å². The molecule has 0 heterocycles. The van der Waals surface area contributed by atoms with Crippen LogP contribution in [0, 0.1) is 0 Å². The number of hydrogen-bond donors (Lipinski definition) is 0. The van der Waals surface area contributed by atoms with Crippen molar-refractivity contribution in [2.45, 2.75) is 85.7 Å². The molecule has 0 aliphatic heterocycles. The van der Waals surface area contributed by atoms with E-state index in [1.54, 1.807) is 0 Å². The van der Waals surface area contributed by atoms with Gasteiger partial charge in [-0.1, -0.05) is 13.3 Å². The molecule has 0 aromatic rings. The third kappa shape index (κ3) is 7.31. The summed E-state index contributed by atoms with van der Waals surface area (Å²) < 4.78 is 297. The Labute approximate surface area is 247 Å². The minimum Gasteiger partial charge on any atom is -0.756 e. The molecule has 43 heavy (non-hydrogen) atoms. The molecule has 0 bridgehead atoms. The van der Waals surface area contributed by atoms with Gasteiger partial charge in [0.2, 0.25) is 0 Å². The minimum absolute atomic E-state index is 0. The van der Waals surface area contributed by atoms with Crippen LogP contribution in [0.15, 0.2) is 0 Å². The standard InChI is InChI=1S/C16H14F21O4P.Na/c1-2-3-5-40-42(38,39)41-6-4-7(17,18)8(19,20)9(21,22)10(23,24)11(25,26)12(27,28)13(29,30)14(31,32)15(33,34)16(35,36)37;/h2-6H2,1H3,(H,38,39);/q;+1/p-1. The molecule has 0 spiro atoms. The molecule has 0 aromatic heterocycles. The van der Waals surface area contributed by atoms with Gasteiger partial charge in [-0.15, -0.1) is 0 Å². The maximum atomic E-state index is 13.7. The van der Waals surface area contributed by atoms with E-state index in [4.69, 9.17) is 0 Å². The summed E-state index contributed by atoms with van der Waals surface area (Å²) in [6.07, 6.45) is -11.1. The van der Waals surface area contributed by atoms with E-state index >= 15 is 0 Å². The second-order valence-electron chi connectivity index (χ2n) is 8.01. The van der Waals surface area contributed by atoms with Gasteiger partial charge in [0.25, 0.3) is 7.82 Å². The predicted molar refractivity (Wildman–Crippen MR) is 89.6 cm³/mol. The average Bonchev–Trinajstić information content (AvgIpc) is 2.76. The maximum Gasteiger partial charge on any atom is 1.00 e. The summed E-state index contributed by atoms with van der Waals surface area (Å²) in [5.74, 6) is -78.1. The summed E-state index contributed by atoms with van der Waals surface area (Å²) >= 11 is 0. The summed E-state index contributed by atoms with van der Waals surface area (Å²) in [6.45, 7) is -1.75. The molecule has 0 amide bonds. The molecular formula is C16H13F21NaO4P. The van der Waals surface area contributed by atoms with Crippen molar-refractivity contribution in [1.82, 2.24) is 0 Å². The van der Waals surface area contributed by atoms with Crippen molar-refractivity contribution < 1.29 is 140 Å². The summed E-state index contributed by atoms with van der Waals surface area (Å²) in [5.41, 5.74) is 0. The van der Waals surface area contributed by atoms with Crippen LogP contribution in [0.1, 0.15) is 26.2 Å². The Hall–Kier alpha value is -0.360. The van der Waals surface area contributed by atoms with Crippen LogP contribution in [0.2, 0.25) is 0 Å². The van der Waals surface area contributed by atoms with Gasteiger partial charge in [-0.25, -0.2) is 0 Å². The zero-order chi connectivity index (χ0) is 34.4. The van der Waals surface area contributed by atoms with Gasteiger partial charge in [-0.3, -0.25) is 4.57 Å². The molecule has 0 aliphatic carbocycles. The second kappa shape index (κ2) is 13.0. The molecule has 0 N–H and O–H groups in total. The van der Waals surface area contributed by atoms with E-state index in [-0.39, 0.29) is 42.4 Å². The first kappa shape index (κ1) is 44.8. The maximum absolute atomic E-state index is 13.7. The number of hydrogen-bond acceptors (Lipinski definition) is 4. The van der Waals surface area contributed by atoms with E-state index in [2.05, 4.69) is 9.05 Å². The zero-order valence-electron chi connectivity index (χ0n) is 20.6. The van der Waals surface area contributed by atoms with Crippen LogP contribution in [0.4, 0.5) is 92.2 Å². The van der Waals surface area contributed by atoms with Crippen LogP contribution in [0.3, 0.4) is 0 Å². The quantitative estimate of drug-likeness (QED) is 0.0980. The fourth-order valence-corrected chi connectivity index (χ4v) is 3.13. The molecule has 4 nitrogen and oxygen atoms in total. The number of phosphoric acid groups is 1. The van der Waals surface area contributed by atoms with Gasteiger partial charge >= 0.3 is 89.0 Å². The van der Waals surface area contributed by atoms with Crippen LogP contribution < -0.4 is 34.5 Å². The first-order valence-electron chi connectivity index (χ1n) is 10.1. The molecule has 0 saturated heterocycles. The van der Waals surface area contributed by atoms with Crippen LogP contribution in [-0.4, -0.2) is 72.7 Å². The van der Waals surface area contributed by atoms with E-state index in [0.717, 1.165) is 0 Å². The van der Waals surface area contributed by atoms with Crippen molar-refractivity contribution in [3.05, 3.63) is 0 Å². The van der Waals surface area contributed by atoms with Gasteiger partial charge in [0.05, 0.1) is 13.2 Å². The molecular weight excluding hydrogens is 709 g/mol. The third-order valence-electron chi connectivity index (χ3n) is 4.99. The van der Waals surface area contributed by atoms with Crippen molar-refractivity contribution >= 4 is 7.82 Å². The largest absolute Gasteiger partial charge is 1.00 e. The second-order valence-corrected chi connectivity index (χ2v) is 9.43. The molecule has 27 heteroatoms. The fourth-order valence-electron chi connectivity index (χ4n) is 2.39. The van der Waals surface area contributed by atoms with Crippen LogP contribution in [0.25, 0.3) is 0 Å². The van der Waals surface area contributed by atoms with Gasteiger partial charge in [0, 0.05) is 6.42 Å². The van der Waals surface area contributed by atoms with E-state index in [1.807, 2.05) is 0 Å². The van der Waals surface area contributed by atoms with E-state index in [9.17, 15) is 102 Å². The van der Waals surface area contributed by atoms with Crippen molar-refractivity contribution in [3.63, 3.8) is 0 Å². The molecule has 0 saturated carbocycles. The first-order valence-corrected chi connectivity index (χ1v) is 11.5. The van der Waals surface area contributed by atoms with Crippen molar-refractivity contribution in [2.24, 2.45) is 0 Å². The van der Waals surface area contributed by atoms with Crippen LogP contribution >= 0.6 is 7.82 Å². The summed E-state index contributed by atoms with van der Waals surface area (Å²) in [5, 5.41) is 0. The Morgan fingerprint density at radius 3 is 1.09 bits per heavy atom. The molecule has 1 atom stereocenters. The molecule has 0 aliphatic rings. The minimum atomic E-state index is -9.26. The smallest absolute Gasteiger partial charge is 0.756 e. The topological polar surface area (TPSA) is 58.6 Å². The summed E-state index contributed by atoms with van der Waals surface area (Å²) in [7, 11) is -5.72. The van der Waals surface area contributed by atoms with Gasteiger partial charge in [0.1, 0.15) is 0 Å². The Bertz CT molecular complexity index is 983. The Kier molecular flexibility index (Phi) is 13.6. The molecule has 0 fully saturated rings. The SMILES string of the molecule is CCCCOP(=O)([O-])OCCC(F)(F)C(F)(F)C(F)(F)C(F)(F)C(F)(F)C(F)(F)C(F)(F)C(F)(F)C(F)(F)C(F)(F)F.[Na+]. The zero-order valence-corrected chi connectivity index (χ0v) is 23.4. The van der Waals surface area contributed by atoms with Gasteiger partial charge in [-0.05, 0) is 6.42 Å². The summed E-state index contributed by atoms with van der Waals surface area (Å²) in [4.78, 5) is 11.2. The molecule has 0 rings (SSSR count). The number of halogens is 21. The van der Waals surface area contributed by atoms with E-state index in [0.29, 0.717) is 0 Å². The number of alkyl halides is 21. The third-order valence-corrected chi connectivity index (χ3v) is 5.99. The van der Waals surface area contributed by atoms with Crippen molar-refractivity contribution in [2.75, 3.05) is 13.2 Å². The van der Waals surface area contributed by atoms with Crippen molar-refractivity contribution in [1.29, 1.82) is 0 Å². The number of rotatable bonds is 16. The monoisotopic (exact) mass is 722 g/mol. The Morgan fingerprint density at radius 1 is 0.512 bits per heavy atom. The Balaban J connectivity index is 0. The van der Waals surface area contributed by atoms with Gasteiger partial charge in [0.15, 0.2) is 0 Å². The number of phosphoric ester groups is 1. The predicted octanol–water partition coefficient (Wildman–Crippen LogP) is 4.96. The van der Waals surface area contributed by atoms with E-state index < -0.39 is 86.9 Å². The van der Waals surface area contributed by atoms with Crippen molar-refractivity contribution in [3.8, 4) is 0 Å². The van der Waals surface area contributed by atoms with E-state index in [1.165, 1.54) is 6.92 Å². The molecule has 0 aromatic carbocycles. The normalized spacial score (nSPS) is 17.0. The van der Waals surface area contributed by atoms with Crippen LogP contribution in [-0.2, 0) is 13.6 Å². The summed E-state index contributed by atoms with van der Waals surface area (Å²) in [6, 6.07) is 0. The number of unbranched alkanes of at least 4 members (excludes halogenated alkanes) is 1. The van der Waals surface area contributed by atoms with Gasteiger partial charge < -0.3 is 13.9 Å². The fraction of sp³-hybridized carbons (Fsp3) is 1.00. The average molecular weight is 722 g/mol. The molecule has 1 unspecified atom stereocenters. The first-order chi connectivity index (χ1) is 18.0.